The van der Waals surface area contributed by atoms with Crippen molar-refractivity contribution in [3.8, 4) is 5.75 Å². The molecule has 0 fully saturated rings. The third-order valence-corrected chi connectivity index (χ3v) is 3.09. The van der Waals surface area contributed by atoms with Crippen molar-refractivity contribution in [1.82, 2.24) is 0 Å². The van der Waals surface area contributed by atoms with Gasteiger partial charge in [0.05, 0.1) is 12.7 Å². The van der Waals surface area contributed by atoms with Gasteiger partial charge in [0, 0.05) is 5.56 Å². The van der Waals surface area contributed by atoms with Gasteiger partial charge in [0.25, 0.3) is 0 Å². The second kappa shape index (κ2) is 6.85. The highest BCUT2D eigenvalue weighted by atomic mass is 19.1. The number of rotatable bonds is 5. The van der Waals surface area contributed by atoms with Gasteiger partial charge < -0.3 is 9.47 Å². The molecule has 4 nitrogen and oxygen atoms in total. The summed E-state index contributed by atoms with van der Waals surface area (Å²) in [7, 11) is 1.53. The SMILES string of the molecule is COc1ccc(C(=O)[C@H](C)OC(=O)c2cccc(F)c2)cc1. The molecule has 0 heterocycles. The molecule has 2 aromatic rings. The van der Waals surface area contributed by atoms with Crippen LogP contribution in [-0.2, 0) is 4.74 Å². The Morgan fingerprint density at radius 2 is 1.73 bits per heavy atom. The van der Waals surface area contributed by atoms with E-state index in [2.05, 4.69) is 0 Å². The molecular weight excluding hydrogens is 287 g/mol. The summed E-state index contributed by atoms with van der Waals surface area (Å²) in [6, 6.07) is 11.6. The molecular formula is C17H15FO4. The first-order chi connectivity index (χ1) is 10.5. The third-order valence-electron chi connectivity index (χ3n) is 3.09. The van der Waals surface area contributed by atoms with Gasteiger partial charge in [-0.3, -0.25) is 4.79 Å². The normalized spacial score (nSPS) is 11.6. The number of carbonyl (C=O) groups is 2. The van der Waals surface area contributed by atoms with E-state index < -0.39 is 17.9 Å². The van der Waals surface area contributed by atoms with Crippen molar-refractivity contribution in [2.24, 2.45) is 0 Å². The molecule has 0 aliphatic heterocycles. The molecule has 0 unspecified atom stereocenters. The number of ketones is 1. The van der Waals surface area contributed by atoms with Gasteiger partial charge in [-0.15, -0.1) is 0 Å². The Morgan fingerprint density at radius 3 is 2.32 bits per heavy atom. The van der Waals surface area contributed by atoms with Crippen molar-refractivity contribution < 1.29 is 23.5 Å². The predicted molar refractivity (Wildman–Crippen MR) is 78.6 cm³/mol. The highest BCUT2D eigenvalue weighted by Crippen LogP contribution is 2.15. The van der Waals surface area contributed by atoms with Crippen LogP contribution in [0.2, 0.25) is 0 Å². The molecule has 0 bridgehead atoms. The Balaban J connectivity index is 2.05. The summed E-state index contributed by atoms with van der Waals surface area (Å²) in [5, 5.41) is 0. The van der Waals surface area contributed by atoms with Gasteiger partial charge in [0.2, 0.25) is 5.78 Å². The zero-order chi connectivity index (χ0) is 16.1. The van der Waals surface area contributed by atoms with E-state index in [1.165, 1.54) is 32.2 Å². The maximum atomic E-state index is 13.1. The molecule has 22 heavy (non-hydrogen) atoms. The van der Waals surface area contributed by atoms with Gasteiger partial charge >= 0.3 is 5.97 Å². The topological polar surface area (TPSA) is 52.6 Å². The Kier molecular flexibility index (Phi) is 4.88. The smallest absolute Gasteiger partial charge is 0.338 e. The Hall–Kier alpha value is -2.69. The van der Waals surface area contributed by atoms with E-state index in [9.17, 15) is 14.0 Å². The molecule has 0 aromatic heterocycles. The lowest BCUT2D eigenvalue weighted by molar-refractivity contribution is 0.0318. The van der Waals surface area contributed by atoms with Crippen molar-refractivity contribution >= 4 is 11.8 Å². The van der Waals surface area contributed by atoms with Crippen LogP contribution >= 0.6 is 0 Å². The fraction of sp³-hybridized carbons (Fsp3) is 0.176. The minimum Gasteiger partial charge on any atom is -0.497 e. The fourth-order valence-corrected chi connectivity index (χ4v) is 1.89. The number of benzene rings is 2. The molecule has 2 aromatic carbocycles. The first-order valence-electron chi connectivity index (χ1n) is 6.66. The standard InChI is InChI=1S/C17H15FO4/c1-11(16(19)12-6-8-15(21-2)9-7-12)22-17(20)13-4-3-5-14(18)10-13/h3-11H,1-2H3/t11-/m0/s1. The number of hydrogen-bond acceptors (Lipinski definition) is 4. The van der Waals surface area contributed by atoms with Crippen LogP contribution in [0.25, 0.3) is 0 Å². The molecule has 0 aliphatic carbocycles. The summed E-state index contributed by atoms with van der Waals surface area (Å²) in [4.78, 5) is 24.1. The minimum atomic E-state index is -0.968. The van der Waals surface area contributed by atoms with Gasteiger partial charge in [-0.2, -0.15) is 0 Å². The molecule has 0 radical (unpaired) electrons. The second-order valence-electron chi connectivity index (χ2n) is 4.65. The summed E-state index contributed by atoms with van der Waals surface area (Å²) in [5.74, 6) is -0.995. The molecule has 1 atom stereocenters. The largest absolute Gasteiger partial charge is 0.497 e. The predicted octanol–water partition coefficient (Wildman–Crippen LogP) is 3.26. The van der Waals surface area contributed by atoms with Crippen LogP contribution in [-0.4, -0.2) is 25.0 Å². The molecule has 5 heteroatoms. The summed E-state index contributed by atoms with van der Waals surface area (Å²) >= 11 is 0. The molecule has 0 spiro atoms. The fourth-order valence-electron chi connectivity index (χ4n) is 1.89. The van der Waals surface area contributed by atoms with Crippen LogP contribution in [0.3, 0.4) is 0 Å². The zero-order valence-electron chi connectivity index (χ0n) is 12.2. The van der Waals surface area contributed by atoms with E-state index in [0.717, 1.165) is 6.07 Å². The Morgan fingerprint density at radius 1 is 1.05 bits per heavy atom. The maximum absolute atomic E-state index is 13.1. The van der Waals surface area contributed by atoms with Crippen molar-refractivity contribution in [2.75, 3.05) is 7.11 Å². The van der Waals surface area contributed by atoms with E-state index in [0.29, 0.717) is 11.3 Å². The van der Waals surface area contributed by atoms with Crippen LogP contribution in [0.5, 0.6) is 5.75 Å². The van der Waals surface area contributed by atoms with Gasteiger partial charge in [-0.1, -0.05) is 6.07 Å². The molecule has 0 saturated heterocycles. The first-order valence-corrected chi connectivity index (χ1v) is 6.66. The van der Waals surface area contributed by atoms with Crippen molar-refractivity contribution in [2.45, 2.75) is 13.0 Å². The lowest BCUT2D eigenvalue weighted by Crippen LogP contribution is -2.24. The summed E-state index contributed by atoms with van der Waals surface area (Å²) in [5.41, 5.74) is 0.467. The quantitative estimate of drug-likeness (QED) is 0.628. The Labute approximate surface area is 127 Å². The molecule has 114 valence electrons. The zero-order valence-corrected chi connectivity index (χ0v) is 12.2. The lowest BCUT2D eigenvalue weighted by Gasteiger charge is -2.12. The van der Waals surface area contributed by atoms with E-state index >= 15 is 0 Å². The average Bonchev–Trinajstić information content (AvgIpc) is 2.54. The molecule has 0 saturated carbocycles. The number of methoxy groups -OCH3 is 1. The third kappa shape index (κ3) is 3.69. The van der Waals surface area contributed by atoms with Gasteiger partial charge in [-0.25, -0.2) is 9.18 Å². The van der Waals surface area contributed by atoms with E-state index in [1.807, 2.05) is 0 Å². The average molecular weight is 302 g/mol. The van der Waals surface area contributed by atoms with Crippen molar-refractivity contribution in [3.63, 3.8) is 0 Å². The summed E-state index contributed by atoms with van der Waals surface area (Å²) < 4.78 is 23.2. The van der Waals surface area contributed by atoms with Gasteiger partial charge in [-0.05, 0) is 49.4 Å². The van der Waals surface area contributed by atoms with Crippen LogP contribution in [0.15, 0.2) is 48.5 Å². The summed E-state index contributed by atoms with van der Waals surface area (Å²) in [6.07, 6.45) is -0.968. The highest BCUT2D eigenvalue weighted by Gasteiger charge is 2.20. The minimum absolute atomic E-state index is 0.0642. The summed E-state index contributed by atoms with van der Waals surface area (Å²) in [6.45, 7) is 1.48. The van der Waals surface area contributed by atoms with Gasteiger partial charge in [0.1, 0.15) is 11.6 Å². The highest BCUT2D eigenvalue weighted by molar-refractivity contribution is 6.01. The van der Waals surface area contributed by atoms with Crippen LogP contribution in [0.4, 0.5) is 4.39 Å². The van der Waals surface area contributed by atoms with E-state index in [4.69, 9.17) is 9.47 Å². The number of Topliss-reactive ketones (excluding diaryl/α,β-unsaturated/α-hetero) is 1. The molecule has 0 aliphatic rings. The number of esters is 1. The first kappa shape index (κ1) is 15.7. The number of hydrogen-bond donors (Lipinski definition) is 0. The van der Waals surface area contributed by atoms with E-state index in [1.54, 1.807) is 24.3 Å². The van der Waals surface area contributed by atoms with E-state index in [-0.39, 0.29) is 11.3 Å². The number of carbonyl (C=O) groups excluding carboxylic acids is 2. The van der Waals surface area contributed by atoms with Crippen LogP contribution in [0.1, 0.15) is 27.6 Å². The molecule has 0 amide bonds. The number of halogens is 1. The lowest BCUT2D eigenvalue weighted by atomic mass is 10.1. The molecule has 2 rings (SSSR count). The maximum Gasteiger partial charge on any atom is 0.338 e. The van der Waals surface area contributed by atoms with Crippen LogP contribution < -0.4 is 4.74 Å². The second-order valence-corrected chi connectivity index (χ2v) is 4.65. The number of ether oxygens (including phenoxy) is 2. The van der Waals surface area contributed by atoms with Crippen LogP contribution in [0, 0.1) is 5.82 Å². The van der Waals surface area contributed by atoms with Gasteiger partial charge in [0.15, 0.2) is 6.10 Å². The van der Waals surface area contributed by atoms with Crippen molar-refractivity contribution in [3.05, 3.63) is 65.5 Å². The Bertz CT molecular complexity index is 679. The van der Waals surface area contributed by atoms with Crippen molar-refractivity contribution in [1.29, 1.82) is 0 Å². The molecule has 0 N–H and O–H groups in total. The monoisotopic (exact) mass is 302 g/mol.